The fourth-order valence-corrected chi connectivity index (χ4v) is 2.27. The average molecular weight is 409 g/mol. The molecule has 0 rings (SSSR count). The van der Waals surface area contributed by atoms with Crippen LogP contribution in [0.4, 0.5) is 0 Å². The molecule has 0 aliphatic carbocycles. The van der Waals surface area contributed by atoms with Crippen LogP contribution in [0.3, 0.4) is 0 Å². The Labute approximate surface area is 115 Å². The van der Waals surface area contributed by atoms with Gasteiger partial charge in [0.25, 0.3) is 0 Å². The molecule has 0 aromatic carbocycles. The number of hydrogen-bond donors (Lipinski definition) is 1. The van der Waals surface area contributed by atoms with Gasteiger partial charge in [0, 0.05) is 6.42 Å². The lowest BCUT2D eigenvalue weighted by molar-refractivity contribution is 0.119. The van der Waals surface area contributed by atoms with Crippen LogP contribution in [0.5, 0.6) is 0 Å². The molecule has 0 saturated carbocycles. The van der Waals surface area contributed by atoms with E-state index in [9.17, 15) is 9.46 Å². The van der Waals surface area contributed by atoms with Gasteiger partial charge in [-0.2, -0.15) is 0 Å². The van der Waals surface area contributed by atoms with Crippen molar-refractivity contribution in [2.24, 2.45) is 0 Å². The monoisotopic (exact) mass is 406 g/mol. The van der Waals surface area contributed by atoms with E-state index in [0.717, 1.165) is 0 Å². The molecule has 0 radical (unpaired) electrons. The lowest BCUT2D eigenvalue weighted by Gasteiger charge is -2.21. The van der Waals surface area contributed by atoms with E-state index in [-0.39, 0.29) is 16.8 Å². The minimum atomic E-state index is -4.19. The third-order valence-corrected chi connectivity index (χ3v) is 4.12. The maximum absolute atomic E-state index is 11.3. The van der Waals surface area contributed by atoms with Gasteiger partial charge in [-0.05, 0) is 6.42 Å². The standard InChI is InChI=1S/C6H11Br2Cl2O4P/c1-2-6(9,10)14-15(11,12)13-4-3-5(7)8/h5H,2-4H2,1H3,(H,11,12). The van der Waals surface area contributed by atoms with E-state index in [1.807, 2.05) is 0 Å². The van der Waals surface area contributed by atoms with Crippen molar-refractivity contribution >= 4 is 62.9 Å². The van der Waals surface area contributed by atoms with E-state index in [1.54, 1.807) is 6.92 Å². The Morgan fingerprint density at radius 3 is 2.47 bits per heavy atom. The summed E-state index contributed by atoms with van der Waals surface area (Å²) in [5, 5.41) is 0. The molecule has 15 heavy (non-hydrogen) atoms. The maximum Gasteiger partial charge on any atom is 0.474 e. The molecule has 0 spiro atoms. The second kappa shape index (κ2) is 7.17. The molecule has 1 atom stereocenters. The van der Waals surface area contributed by atoms with Crippen LogP contribution in [0.2, 0.25) is 0 Å². The number of hydrogen-bond acceptors (Lipinski definition) is 3. The highest BCUT2D eigenvalue weighted by molar-refractivity contribution is 9.24. The van der Waals surface area contributed by atoms with Gasteiger partial charge in [0.2, 0.25) is 4.52 Å². The molecule has 0 heterocycles. The van der Waals surface area contributed by atoms with Gasteiger partial charge in [0.1, 0.15) is 0 Å². The zero-order chi connectivity index (χ0) is 12.1. The smallest absolute Gasteiger partial charge is 0.302 e. The Kier molecular flexibility index (Phi) is 7.95. The highest BCUT2D eigenvalue weighted by Gasteiger charge is 2.34. The third kappa shape index (κ3) is 9.36. The molecule has 0 fully saturated rings. The van der Waals surface area contributed by atoms with E-state index >= 15 is 0 Å². The molecule has 0 aromatic heterocycles. The first-order chi connectivity index (χ1) is 6.68. The Balaban J connectivity index is 4.03. The van der Waals surface area contributed by atoms with Crippen LogP contribution < -0.4 is 0 Å². The van der Waals surface area contributed by atoms with Gasteiger partial charge in [0.05, 0.1) is 10.3 Å². The molecule has 4 nitrogen and oxygen atoms in total. The van der Waals surface area contributed by atoms with Crippen molar-refractivity contribution in [2.75, 3.05) is 6.61 Å². The first-order valence-electron chi connectivity index (χ1n) is 4.02. The van der Waals surface area contributed by atoms with Crippen molar-refractivity contribution in [2.45, 2.75) is 28.0 Å². The normalized spacial score (nSPS) is 16.7. The summed E-state index contributed by atoms with van der Waals surface area (Å²) in [4.78, 5) is 9.21. The summed E-state index contributed by atoms with van der Waals surface area (Å²) in [5.74, 6) is 0. The van der Waals surface area contributed by atoms with E-state index in [2.05, 4.69) is 40.9 Å². The number of phosphoric ester groups is 1. The zero-order valence-electron chi connectivity index (χ0n) is 7.83. The van der Waals surface area contributed by atoms with E-state index in [1.165, 1.54) is 0 Å². The molecule has 0 aliphatic heterocycles. The second-order valence-corrected chi connectivity index (χ2v) is 8.80. The summed E-state index contributed by atoms with van der Waals surface area (Å²) in [6.45, 7) is 1.66. The second-order valence-electron chi connectivity index (χ2n) is 2.56. The molecule has 0 aliphatic rings. The van der Waals surface area contributed by atoms with Gasteiger partial charge in [-0.1, -0.05) is 62.0 Å². The first kappa shape index (κ1) is 16.6. The Morgan fingerprint density at radius 1 is 1.53 bits per heavy atom. The molecule has 1 unspecified atom stereocenters. The van der Waals surface area contributed by atoms with Crippen LogP contribution in [0.25, 0.3) is 0 Å². The van der Waals surface area contributed by atoms with Gasteiger partial charge in [-0.25, -0.2) is 9.09 Å². The number of rotatable bonds is 7. The van der Waals surface area contributed by atoms with Crippen LogP contribution in [0, 0.1) is 0 Å². The van der Waals surface area contributed by atoms with Gasteiger partial charge in [-0.3, -0.25) is 4.52 Å². The lowest BCUT2D eigenvalue weighted by atomic mass is 10.5. The highest BCUT2D eigenvalue weighted by Crippen LogP contribution is 2.50. The molecule has 0 aromatic rings. The summed E-state index contributed by atoms with van der Waals surface area (Å²) in [7, 11) is -4.19. The summed E-state index contributed by atoms with van der Waals surface area (Å²) in [6.07, 6.45) is 0.668. The minimum absolute atomic E-state index is 0.00735. The molecule has 92 valence electrons. The van der Waals surface area contributed by atoms with Crippen LogP contribution in [-0.4, -0.2) is 19.8 Å². The zero-order valence-corrected chi connectivity index (χ0v) is 13.4. The Bertz CT molecular complexity index is 239. The molecule has 0 bridgehead atoms. The molecule has 0 amide bonds. The van der Waals surface area contributed by atoms with E-state index in [4.69, 9.17) is 23.2 Å². The van der Waals surface area contributed by atoms with Crippen molar-refractivity contribution in [1.29, 1.82) is 0 Å². The predicted molar refractivity (Wildman–Crippen MR) is 67.8 cm³/mol. The van der Waals surface area contributed by atoms with Crippen molar-refractivity contribution < 1.29 is 18.5 Å². The van der Waals surface area contributed by atoms with Crippen LogP contribution in [0.15, 0.2) is 0 Å². The van der Waals surface area contributed by atoms with Crippen LogP contribution in [0.1, 0.15) is 19.8 Å². The maximum atomic E-state index is 11.3. The van der Waals surface area contributed by atoms with Gasteiger partial charge >= 0.3 is 7.82 Å². The average Bonchev–Trinajstić information content (AvgIpc) is 2.01. The largest absolute Gasteiger partial charge is 0.474 e. The van der Waals surface area contributed by atoms with Crippen LogP contribution >= 0.6 is 62.9 Å². The Morgan fingerprint density at radius 2 is 2.07 bits per heavy atom. The van der Waals surface area contributed by atoms with Crippen molar-refractivity contribution in [1.82, 2.24) is 0 Å². The molecular weight excluding hydrogens is 398 g/mol. The SMILES string of the molecule is CCC(Cl)(Cl)OP(=O)(O)OCCC(Br)Br. The minimum Gasteiger partial charge on any atom is -0.302 e. The van der Waals surface area contributed by atoms with E-state index in [0.29, 0.717) is 6.42 Å². The lowest BCUT2D eigenvalue weighted by Crippen LogP contribution is -2.15. The topological polar surface area (TPSA) is 55.8 Å². The van der Waals surface area contributed by atoms with Crippen LogP contribution in [-0.2, 0) is 13.6 Å². The van der Waals surface area contributed by atoms with Crippen molar-refractivity contribution in [3.63, 3.8) is 0 Å². The molecule has 1 N–H and O–H groups in total. The quantitative estimate of drug-likeness (QED) is 0.507. The number of alkyl halides is 4. The third-order valence-electron chi connectivity index (χ3n) is 1.25. The van der Waals surface area contributed by atoms with Gasteiger partial charge in [0.15, 0.2) is 0 Å². The van der Waals surface area contributed by atoms with Gasteiger partial charge in [-0.15, -0.1) is 0 Å². The Hall–Kier alpha value is 1.65. The summed E-state index contributed by atoms with van der Waals surface area (Å²) in [6, 6.07) is 0. The fraction of sp³-hybridized carbons (Fsp3) is 1.00. The summed E-state index contributed by atoms with van der Waals surface area (Å²) in [5.41, 5.74) is 0. The fourth-order valence-electron chi connectivity index (χ4n) is 0.517. The van der Waals surface area contributed by atoms with Crippen molar-refractivity contribution in [3.05, 3.63) is 0 Å². The van der Waals surface area contributed by atoms with E-state index < -0.39 is 12.3 Å². The summed E-state index contributed by atoms with van der Waals surface area (Å²) < 4.78 is 18.8. The van der Waals surface area contributed by atoms with Gasteiger partial charge < -0.3 is 4.89 Å². The number of phosphoric acid groups is 1. The summed E-state index contributed by atoms with van der Waals surface area (Å²) >= 11 is 17.5. The number of halogens is 4. The molecular formula is C6H11Br2Cl2O4P. The predicted octanol–water partition coefficient (Wildman–Crippen LogP) is 4.17. The highest BCUT2D eigenvalue weighted by atomic mass is 79.9. The molecule has 0 saturated heterocycles. The molecule has 9 heteroatoms. The first-order valence-corrected chi connectivity index (χ1v) is 8.11. The van der Waals surface area contributed by atoms with Crippen molar-refractivity contribution in [3.8, 4) is 0 Å².